The molecule has 1 fully saturated rings. The van der Waals surface area contributed by atoms with Gasteiger partial charge in [-0.25, -0.2) is 0 Å². The number of likely N-dealkylation sites (N-methyl/N-ethyl adjacent to an activating group) is 2. The minimum absolute atomic E-state index is 0.184. The van der Waals surface area contributed by atoms with Crippen molar-refractivity contribution in [1.82, 2.24) is 4.90 Å². The maximum Gasteiger partial charge on any atom is 0.241 e. The van der Waals surface area contributed by atoms with Crippen molar-refractivity contribution in [1.29, 1.82) is 0 Å². The Bertz CT molecular complexity index is 414. The van der Waals surface area contributed by atoms with Gasteiger partial charge in [-0.2, -0.15) is 0 Å². The number of carbonyl (C=O) groups excluding carboxylic acids is 1. The van der Waals surface area contributed by atoms with Gasteiger partial charge in [0.05, 0.1) is 6.54 Å². The van der Waals surface area contributed by atoms with Crippen LogP contribution in [0.5, 0.6) is 0 Å². The molecule has 1 unspecified atom stereocenters. The van der Waals surface area contributed by atoms with Crippen molar-refractivity contribution in [3.63, 3.8) is 0 Å². The second-order valence-electron chi connectivity index (χ2n) is 5.47. The lowest BCUT2D eigenvalue weighted by Crippen LogP contribution is -2.42. The minimum Gasteiger partial charge on any atom is -0.312 e. The second kappa shape index (κ2) is 6.20. The van der Waals surface area contributed by atoms with Crippen LogP contribution in [0, 0.1) is 5.92 Å². The highest BCUT2D eigenvalue weighted by Crippen LogP contribution is 2.34. The van der Waals surface area contributed by atoms with E-state index < -0.39 is 0 Å². The Morgan fingerprint density at radius 2 is 1.95 bits per heavy atom. The molecule has 3 nitrogen and oxygen atoms in total. The molecule has 0 radical (unpaired) electrons. The molecule has 1 aromatic carbocycles. The number of carbonyl (C=O) groups is 1. The van der Waals surface area contributed by atoms with Gasteiger partial charge in [-0.05, 0) is 51.8 Å². The lowest BCUT2D eigenvalue weighted by Gasteiger charge is -2.28. The third-order valence-electron chi connectivity index (χ3n) is 4.07. The van der Waals surface area contributed by atoms with E-state index in [1.54, 1.807) is 0 Å². The summed E-state index contributed by atoms with van der Waals surface area (Å²) in [6, 6.07) is 10.4. The van der Waals surface area contributed by atoms with Crippen LogP contribution in [0.3, 0.4) is 0 Å². The molecule has 1 aliphatic rings. The van der Waals surface area contributed by atoms with Gasteiger partial charge in [0.1, 0.15) is 0 Å². The van der Waals surface area contributed by atoms with Crippen LogP contribution < -0.4 is 4.90 Å². The molecule has 104 valence electrons. The normalized spacial score (nSPS) is 16.4. The van der Waals surface area contributed by atoms with Crippen molar-refractivity contribution < 1.29 is 4.79 Å². The Labute approximate surface area is 116 Å². The predicted molar refractivity (Wildman–Crippen MR) is 79.3 cm³/mol. The van der Waals surface area contributed by atoms with Crippen LogP contribution in [0.25, 0.3) is 0 Å². The van der Waals surface area contributed by atoms with Crippen LogP contribution in [0.4, 0.5) is 5.69 Å². The van der Waals surface area contributed by atoms with Gasteiger partial charge in [-0.3, -0.25) is 9.69 Å². The van der Waals surface area contributed by atoms with Gasteiger partial charge >= 0.3 is 0 Å². The summed E-state index contributed by atoms with van der Waals surface area (Å²) in [5.74, 6) is 0.980. The minimum atomic E-state index is 0.184. The molecule has 0 bridgehead atoms. The summed E-state index contributed by atoms with van der Waals surface area (Å²) in [4.78, 5) is 16.5. The molecular formula is C16H24N2O. The standard InChI is InChI=1S/C16H24N2O/c1-4-18(15-8-6-5-7-9-15)16(19)12-17(3)13(2)14-10-11-14/h5-9,13-14H,4,10-12H2,1-3H3. The van der Waals surface area contributed by atoms with E-state index in [9.17, 15) is 4.79 Å². The predicted octanol–water partition coefficient (Wildman–Crippen LogP) is 2.77. The Morgan fingerprint density at radius 1 is 1.32 bits per heavy atom. The topological polar surface area (TPSA) is 23.6 Å². The van der Waals surface area contributed by atoms with Gasteiger partial charge < -0.3 is 4.90 Å². The summed E-state index contributed by atoms with van der Waals surface area (Å²) in [5.41, 5.74) is 0.988. The summed E-state index contributed by atoms with van der Waals surface area (Å²) in [7, 11) is 2.06. The Balaban J connectivity index is 1.97. The summed E-state index contributed by atoms with van der Waals surface area (Å²) >= 11 is 0. The highest BCUT2D eigenvalue weighted by atomic mass is 16.2. The first-order chi connectivity index (χ1) is 9.13. The molecular weight excluding hydrogens is 236 g/mol. The largest absolute Gasteiger partial charge is 0.312 e. The van der Waals surface area contributed by atoms with E-state index in [0.29, 0.717) is 19.1 Å². The fourth-order valence-corrected chi connectivity index (χ4v) is 2.49. The molecule has 1 amide bonds. The van der Waals surface area contributed by atoms with Crippen molar-refractivity contribution in [2.24, 2.45) is 5.92 Å². The van der Waals surface area contributed by atoms with Gasteiger partial charge in [0.15, 0.2) is 0 Å². The van der Waals surface area contributed by atoms with E-state index >= 15 is 0 Å². The molecule has 0 saturated heterocycles. The summed E-state index contributed by atoms with van der Waals surface area (Å²) in [5, 5.41) is 0. The van der Waals surface area contributed by atoms with E-state index in [-0.39, 0.29) is 5.91 Å². The zero-order valence-corrected chi connectivity index (χ0v) is 12.2. The molecule has 0 heterocycles. The van der Waals surface area contributed by atoms with Crippen molar-refractivity contribution >= 4 is 11.6 Å². The Kier molecular flexibility index (Phi) is 4.59. The number of hydrogen-bond donors (Lipinski definition) is 0. The first kappa shape index (κ1) is 14.1. The number of benzene rings is 1. The van der Waals surface area contributed by atoms with Crippen molar-refractivity contribution in [3.8, 4) is 0 Å². The summed E-state index contributed by atoms with van der Waals surface area (Å²) in [6.07, 6.45) is 2.63. The van der Waals surface area contributed by atoms with Crippen molar-refractivity contribution in [2.45, 2.75) is 32.7 Å². The maximum absolute atomic E-state index is 12.4. The van der Waals surface area contributed by atoms with Crippen LogP contribution >= 0.6 is 0 Å². The molecule has 19 heavy (non-hydrogen) atoms. The fraction of sp³-hybridized carbons (Fsp3) is 0.562. The highest BCUT2D eigenvalue weighted by molar-refractivity contribution is 5.94. The monoisotopic (exact) mass is 260 g/mol. The first-order valence-electron chi connectivity index (χ1n) is 7.19. The van der Waals surface area contributed by atoms with Crippen LogP contribution in [0.15, 0.2) is 30.3 Å². The zero-order chi connectivity index (χ0) is 13.8. The van der Waals surface area contributed by atoms with E-state index in [2.05, 4.69) is 18.9 Å². The molecule has 1 aromatic rings. The average molecular weight is 260 g/mol. The number of anilines is 1. The van der Waals surface area contributed by atoms with Gasteiger partial charge in [0.2, 0.25) is 5.91 Å². The second-order valence-corrected chi connectivity index (χ2v) is 5.47. The molecule has 1 aliphatic carbocycles. The lowest BCUT2D eigenvalue weighted by atomic mass is 10.2. The molecule has 1 atom stereocenters. The highest BCUT2D eigenvalue weighted by Gasteiger charge is 2.31. The number of hydrogen-bond acceptors (Lipinski definition) is 2. The van der Waals surface area contributed by atoms with E-state index in [0.717, 1.165) is 11.6 Å². The van der Waals surface area contributed by atoms with E-state index in [1.807, 2.05) is 42.2 Å². The molecule has 0 aliphatic heterocycles. The SMILES string of the molecule is CCN(C(=O)CN(C)C(C)C1CC1)c1ccccc1. The zero-order valence-electron chi connectivity index (χ0n) is 12.2. The summed E-state index contributed by atoms with van der Waals surface area (Å²) < 4.78 is 0. The van der Waals surface area contributed by atoms with Crippen molar-refractivity contribution in [2.75, 3.05) is 25.0 Å². The first-order valence-corrected chi connectivity index (χ1v) is 7.19. The number of rotatable bonds is 6. The Hall–Kier alpha value is -1.35. The van der Waals surface area contributed by atoms with Gasteiger partial charge in [-0.1, -0.05) is 18.2 Å². The number of amides is 1. The number of para-hydroxylation sites is 1. The molecule has 3 heteroatoms. The molecule has 1 saturated carbocycles. The van der Waals surface area contributed by atoms with Crippen LogP contribution in [-0.4, -0.2) is 37.0 Å². The van der Waals surface area contributed by atoms with Crippen molar-refractivity contribution in [3.05, 3.63) is 30.3 Å². The molecule has 2 rings (SSSR count). The van der Waals surface area contributed by atoms with Crippen LogP contribution in [0.1, 0.15) is 26.7 Å². The maximum atomic E-state index is 12.4. The Morgan fingerprint density at radius 3 is 2.47 bits per heavy atom. The lowest BCUT2D eigenvalue weighted by molar-refractivity contribution is -0.119. The molecule has 0 N–H and O–H groups in total. The smallest absolute Gasteiger partial charge is 0.241 e. The number of nitrogens with zero attached hydrogens (tertiary/aromatic N) is 2. The van der Waals surface area contributed by atoms with E-state index in [1.165, 1.54) is 12.8 Å². The van der Waals surface area contributed by atoms with Gasteiger partial charge in [0, 0.05) is 18.3 Å². The van der Waals surface area contributed by atoms with Crippen LogP contribution in [0.2, 0.25) is 0 Å². The molecule has 0 spiro atoms. The third kappa shape index (κ3) is 3.57. The van der Waals surface area contributed by atoms with Gasteiger partial charge in [0.25, 0.3) is 0 Å². The van der Waals surface area contributed by atoms with Gasteiger partial charge in [-0.15, -0.1) is 0 Å². The molecule has 0 aromatic heterocycles. The average Bonchev–Trinajstić information content (AvgIpc) is 3.24. The quantitative estimate of drug-likeness (QED) is 0.785. The van der Waals surface area contributed by atoms with Crippen LogP contribution in [-0.2, 0) is 4.79 Å². The summed E-state index contributed by atoms with van der Waals surface area (Å²) in [6.45, 7) is 5.47. The van der Waals surface area contributed by atoms with E-state index in [4.69, 9.17) is 0 Å². The fourth-order valence-electron chi connectivity index (χ4n) is 2.49. The third-order valence-corrected chi connectivity index (χ3v) is 4.07.